The van der Waals surface area contributed by atoms with Gasteiger partial charge in [-0.25, -0.2) is 0 Å². The van der Waals surface area contributed by atoms with E-state index in [0.29, 0.717) is 0 Å². The third-order valence-electron chi connectivity index (χ3n) is 4.55. The normalized spacial score (nSPS) is 17.2. The molecule has 1 aromatic carbocycles. The maximum absolute atomic E-state index is 12.8. The van der Waals surface area contributed by atoms with E-state index in [1.54, 1.807) is 6.26 Å². The van der Waals surface area contributed by atoms with Gasteiger partial charge in [0.1, 0.15) is 5.76 Å². The summed E-state index contributed by atoms with van der Waals surface area (Å²) < 4.78 is 5.40. The molecular weight excluding hydrogens is 288 g/mol. The molecule has 0 aliphatic carbocycles. The molecule has 0 bridgehead atoms. The second-order valence-corrected chi connectivity index (χ2v) is 6.05. The van der Waals surface area contributed by atoms with Crippen LogP contribution in [0.5, 0.6) is 0 Å². The molecule has 2 aromatic rings. The summed E-state index contributed by atoms with van der Waals surface area (Å²) in [5.74, 6) is 1.23. The Bertz CT molecular complexity index is 602. The van der Waals surface area contributed by atoms with Gasteiger partial charge in [0.05, 0.1) is 18.7 Å². The van der Waals surface area contributed by atoms with Crippen molar-refractivity contribution in [1.82, 2.24) is 9.80 Å². The molecule has 1 aliphatic heterocycles. The first kappa shape index (κ1) is 15.8. The number of amides is 1. The van der Waals surface area contributed by atoms with Gasteiger partial charge in [0.2, 0.25) is 5.91 Å². The minimum Gasteiger partial charge on any atom is -0.468 e. The minimum absolute atomic E-state index is 0.0205. The van der Waals surface area contributed by atoms with Crippen molar-refractivity contribution < 1.29 is 9.21 Å². The van der Waals surface area contributed by atoms with Crippen LogP contribution in [0.25, 0.3) is 0 Å². The third kappa shape index (κ3) is 3.82. The Balaban J connectivity index is 1.57. The fraction of sp³-hybridized carbons (Fsp3) is 0.421. The summed E-state index contributed by atoms with van der Waals surface area (Å²) in [5, 5.41) is 0. The molecule has 0 saturated carbocycles. The standard InChI is InChI=1S/C19H24N2O2/c1-2-18(16-7-4-3-5-8-16)19(22)21-12-10-20(11-13-21)15-17-9-6-14-23-17/h3-9,14,18H,2,10-13,15H2,1H3. The highest BCUT2D eigenvalue weighted by molar-refractivity contribution is 5.83. The van der Waals surface area contributed by atoms with Gasteiger partial charge in [0, 0.05) is 26.2 Å². The van der Waals surface area contributed by atoms with Gasteiger partial charge >= 0.3 is 0 Å². The van der Waals surface area contributed by atoms with Crippen LogP contribution in [0.4, 0.5) is 0 Å². The molecule has 1 aromatic heterocycles. The van der Waals surface area contributed by atoms with Crippen LogP contribution in [0.3, 0.4) is 0 Å². The summed E-state index contributed by atoms with van der Waals surface area (Å²) in [5.41, 5.74) is 1.12. The van der Waals surface area contributed by atoms with E-state index >= 15 is 0 Å². The van der Waals surface area contributed by atoms with Crippen molar-refractivity contribution in [3.8, 4) is 0 Å². The van der Waals surface area contributed by atoms with Gasteiger partial charge in [-0.05, 0) is 24.1 Å². The quantitative estimate of drug-likeness (QED) is 0.851. The molecule has 4 nitrogen and oxygen atoms in total. The highest BCUT2D eigenvalue weighted by Gasteiger charge is 2.27. The van der Waals surface area contributed by atoms with Crippen LogP contribution < -0.4 is 0 Å². The lowest BCUT2D eigenvalue weighted by atomic mass is 9.95. The molecular formula is C19H24N2O2. The number of carbonyl (C=O) groups is 1. The van der Waals surface area contributed by atoms with Crippen LogP contribution in [-0.2, 0) is 11.3 Å². The second-order valence-electron chi connectivity index (χ2n) is 6.05. The first-order valence-electron chi connectivity index (χ1n) is 8.36. The topological polar surface area (TPSA) is 36.7 Å². The lowest BCUT2D eigenvalue weighted by molar-refractivity contribution is -0.134. The van der Waals surface area contributed by atoms with Gasteiger partial charge in [0.25, 0.3) is 0 Å². The summed E-state index contributed by atoms with van der Waals surface area (Å²) in [7, 11) is 0. The molecule has 1 aliphatic rings. The predicted octanol–water partition coefficient (Wildman–Crippen LogP) is 3.12. The van der Waals surface area contributed by atoms with Crippen molar-refractivity contribution in [3.63, 3.8) is 0 Å². The molecule has 1 amide bonds. The molecule has 4 heteroatoms. The SMILES string of the molecule is CCC(C(=O)N1CCN(Cc2ccco2)CC1)c1ccccc1. The smallest absolute Gasteiger partial charge is 0.230 e. The van der Waals surface area contributed by atoms with Gasteiger partial charge in [-0.2, -0.15) is 0 Å². The first-order chi connectivity index (χ1) is 11.3. The van der Waals surface area contributed by atoms with Crippen molar-refractivity contribution in [1.29, 1.82) is 0 Å². The molecule has 122 valence electrons. The number of rotatable bonds is 5. The number of hydrogen-bond donors (Lipinski definition) is 0. The van der Waals surface area contributed by atoms with Crippen LogP contribution in [0, 0.1) is 0 Å². The summed E-state index contributed by atoms with van der Waals surface area (Å²) in [4.78, 5) is 17.2. The lowest BCUT2D eigenvalue weighted by Crippen LogP contribution is -2.49. The molecule has 2 heterocycles. The largest absolute Gasteiger partial charge is 0.468 e. The number of nitrogens with zero attached hydrogens (tertiary/aromatic N) is 2. The average Bonchev–Trinajstić information content (AvgIpc) is 3.10. The lowest BCUT2D eigenvalue weighted by Gasteiger charge is -2.36. The maximum Gasteiger partial charge on any atom is 0.230 e. The molecule has 0 N–H and O–H groups in total. The minimum atomic E-state index is -0.0205. The van der Waals surface area contributed by atoms with Crippen molar-refractivity contribution in [2.45, 2.75) is 25.8 Å². The number of carbonyl (C=O) groups excluding carboxylic acids is 1. The Kier molecular flexibility index (Phi) is 5.13. The van der Waals surface area contributed by atoms with E-state index in [4.69, 9.17) is 4.42 Å². The average molecular weight is 312 g/mol. The molecule has 1 saturated heterocycles. The van der Waals surface area contributed by atoms with Crippen molar-refractivity contribution in [2.24, 2.45) is 0 Å². The molecule has 1 unspecified atom stereocenters. The van der Waals surface area contributed by atoms with E-state index in [1.165, 1.54) is 0 Å². The van der Waals surface area contributed by atoms with E-state index in [0.717, 1.165) is 50.5 Å². The van der Waals surface area contributed by atoms with Crippen molar-refractivity contribution >= 4 is 5.91 Å². The second kappa shape index (κ2) is 7.47. The number of hydrogen-bond acceptors (Lipinski definition) is 3. The van der Waals surface area contributed by atoms with E-state index in [9.17, 15) is 4.79 Å². The van der Waals surface area contributed by atoms with E-state index in [1.807, 2.05) is 35.2 Å². The Morgan fingerprint density at radius 2 is 1.83 bits per heavy atom. The number of furan rings is 1. The predicted molar refractivity (Wildman–Crippen MR) is 90.0 cm³/mol. The number of benzene rings is 1. The van der Waals surface area contributed by atoms with Gasteiger partial charge in [-0.1, -0.05) is 37.3 Å². The van der Waals surface area contributed by atoms with E-state index in [2.05, 4.69) is 24.0 Å². The van der Waals surface area contributed by atoms with Crippen molar-refractivity contribution in [2.75, 3.05) is 26.2 Å². The van der Waals surface area contributed by atoms with Gasteiger partial charge in [-0.3, -0.25) is 9.69 Å². The molecule has 0 spiro atoms. The Hall–Kier alpha value is -2.07. The zero-order valence-corrected chi connectivity index (χ0v) is 13.6. The van der Waals surface area contributed by atoms with Gasteiger partial charge in [-0.15, -0.1) is 0 Å². The van der Waals surface area contributed by atoms with Gasteiger partial charge in [0.15, 0.2) is 0 Å². The van der Waals surface area contributed by atoms with E-state index < -0.39 is 0 Å². The first-order valence-corrected chi connectivity index (χ1v) is 8.36. The van der Waals surface area contributed by atoms with Crippen LogP contribution in [0.15, 0.2) is 53.1 Å². The summed E-state index contributed by atoms with van der Waals surface area (Å²) in [6, 6.07) is 14.0. The van der Waals surface area contributed by atoms with Crippen LogP contribution in [-0.4, -0.2) is 41.9 Å². The maximum atomic E-state index is 12.8. The molecule has 0 radical (unpaired) electrons. The van der Waals surface area contributed by atoms with Crippen LogP contribution in [0.1, 0.15) is 30.6 Å². The summed E-state index contributed by atoms with van der Waals surface area (Å²) in [6.45, 7) is 6.30. The monoisotopic (exact) mass is 312 g/mol. The van der Waals surface area contributed by atoms with E-state index in [-0.39, 0.29) is 11.8 Å². The zero-order valence-electron chi connectivity index (χ0n) is 13.6. The fourth-order valence-electron chi connectivity index (χ4n) is 3.21. The molecule has 23 heavy (non-hydrogen) atoms. The zero-order chi connectivity index (χ0) is 16.1. The van der Waals surface area contributed by atoms with Crippen LogP contribution in [0.2, 0.25) is 0 Å². The third-order valence-corrected chi connectivity index (χ3v) is 4.55. The Morgan fingerprint density at radius 1 is 1.09 bits per heavy atom. The highest BCUT2D eigenvalue weighted by atomic mass is 16.3. The summed E-state index contributed by atoms with van der Waals surface area (Å²) >= 11 is 0. The number of piperazine rings is 1. The Labute approximate surface area is 137 Å². The van der Waals surface area contributed by atoms with Crippen molar-refractivity contribution in [3.05, 3.63) is 60.1 Å². The van der Waals surface area contributed by atoms with Crippen LogP contribution >= 0.6 is 0 Å². The molecule has 1 fully saturated rings. The van der Waals surface area contributed by atoms with Gasteiger partial charge < -0.3 is 9.32 Å². The molecule has 1 atom stereocenters. The fourth-order valence-corrected chi connectivity index (χ4v) is 3.21. The molecule has 3 rings (SSSR count). The Morgan fingerprint density at radius 3 is 2.43 bits per heavy atom. The summed E-state index contributed by atoms with van der Waals surface area (Å²) in [6.07, 6.45) is 2.55. The highest BCUT2D eigenvalue weighted by Crippen LogP contribution is 2.23.